The molecule has 1 aromatic rings. The Balaban J connectivity index is 1.82. The number of nitrogens with zero attached hydrogens (tertiary/aromatic N) is 1. The maximum absolute atomic E-state index is 11.2. The van der Waals surface area contributed by atoms with E-state index in [0.717, 1.165) is 47.7 Å². The summed E-state index contributed by atoms with van der Waals surface area (Å²) >= 11 is 6.10. The van der Waals surface area contributed by atoms with Gasteiger partial charge in [-0.3, -0.25) is 9.69 Å². The highest BCUT2D eigenvalue weighted by Crippen LogP contribution is 2.41. The molecule has 2 heterocycles. The van der Waals surface area contributed by atoms with Crippen molar-refractivity contribution in [1.82, 2.24) is 4.90 Å². The Kier molecular flexibility index (Phi) is 3.62. The molecule has 114 valence electrons. The first-order chi connectivity index (χ1) is 9.90. The maximum atomic E-state index is 11.2. The highest BCUT2D eigenvalue weighted by atomic mass is 35.5. The van der Waals surface area contributed by atoms with Crippen molar-refractivity contribution >= 4 is 17.6 Å². The fraction of sp³-hybridized carbons (Fsp3) is 0.562. The molecule has 0 radical (unpaired) electrons. The summed E-state index contributed by atoms with van der Waals surface area (Å²) in [6.07, 6.45) is 2.74. The van der Waals surface area contributed by atoms with Crippen LogP contribution in [-0.2, 0) is 11.2 Å². The van der Waals surface area contributed by atoms with Gasteiger partial charge in [-0.05, 0) is 49.9 Å². The van der Waals surface area contributed by atoms with Gasteiger partial charge in [-0.1, -0.05) is 11.6 Å². The predicted molar refractivity (Wildman–Crippen MR) is 81.2 cm³/mol. The van der Waals surface area contributed by atoms with E-state index in [4.69, 9.17) is 21.4 Å². The molecule has 3 rings (SSSR count). The van der Waals surface area contributed by atoms with E-state index in [1.165, 1.54) is 0 Å². The van der Waals surface area contributed by atoms with Gasteiger partial charge in [0.2, 0.25) is 0 Å². The van der Waals surface area contributed by atoms with Crippen LogP contribution in [0.15, 0.2) is 12.1 Å². The molecular formula is C16H20ClNO3. The minimum atomic E-state index is -0.772. The average molecular weight is 310 g/mol. The lowest BCUT2D eigenvalue weighted by molar-refractivity contribution is -0.142. The molecule has 1 N–H and O–H groups in total. The van der Waals surface area contributed by atoms with E-state index in [1.54, 1.807) is 6.92 Å². The molecule has 21 heavy (non-hydrogen) atoms. The van der Waals surface area contributed by atoms with E-state index in [1.807, 2.05) is 24.0 Å². The summed E-state index contributed by atoms with van der Waals surface area (Å²) in [6.45, 7) is 5.21. The maximum Gasteiger partial charge on any atom is 0.320 e. The number of carboxylic acid groups (broad SMARTS) is 1. The molecule has 2 aliphatic heterocycles. The van der Waals surface area contributed by atoms with Crippen molar-refractivity contribution in [2.45, 2.75) is 44.8 Å². The summed E-state index contributed by atoms with van der Waals surface area (Å²) in [5.41, 5.74) is 1.98. The second-order valence-corrected chi connectivity index (χ2v) is 6.67. The van der Waals surface area contributed by atoms with Gasteiger partial charge in [0.05, 0.1) is 0 Å². The Bertz CT molecular complexity index is 589. The number of benzene rings is 1. The van der Waals surface area contributed by atoms with E-state index < -0.39 is 12.0 Å². The Hall–Kier alpha value is -1.26. The minimum Gasteiger partial charge on any atom is -0.485 e. The molecule has 5 heteroatoms. The van der Waals surface area contributed by atoms with Crippen LogP contribution in [-0.4, -0.2) is 40.7 Å². The van der Waals surface area contributed by atoms with Crippen LogP contribution in [0, 0.1) is 6.92 Å². The van der Waals surface area contributed by atoms with Crippen molar-refractivity contribution < 1.29 is 14.6 Å². The van der Waals surface area contributed by atoms with Crippen LogP contribution in [0.1, 0.15) is 30.9 Å². The lowest BCUT2D eigenvalue weighted by Gasteiger charge is -2.37. The van der Waals surface area contributed by atoms with Crippen LogP contribution in [0.5, 0.6) is 5.75 Å². The summed E-state index contributed by atoms with van der Waals surface area (Å²) in [7, 11) is 0. The first-order valence-corrected chi connectivity index (χ1v) is 7.73. The fourth-order valence-electron chi connectivity index (χ4n) is 3.41. The van der Waals surface area contributed by atoms with Crippen molar-refractivity contribution in [2.75, 3.05) is 13.1 Å². The quantitative estimate of drug-likeness (QED) is 0.912. The van der Waals surface area contributed by atoms with Gasteiger partial charge in [0, 0.05) is 24.5 Å². The number of hydrogen-bond donors (Lipinski definition) is 1. The third kappa shape index (κ3) is 2.62. The number of aliphatic carboxylic acids is 1. The van der Waals surface area contributed by atoms with E-state index in [-0.39, 0.29) is 5.60 Å². The molecule has 1 aromatic carbocycles. The third-order valence-electron chi connectivity index (χ3n) is 4.74. The molecule has 1 spiro atoms. The Labute approximate surface area is 129 Å². The van der Waals surface area contributed by atoms with E-state index in [2.05, 4.69) is 0 Å². The van der Waals surface area contributed by atoms with Crippen molar-refractivity contribution in [2.24, 2.45) is 0 Å². The Morgan fingerprint density at radius 1 is 1.48 bits per heavy atom. The monoisotopic (exact) mass is 309 g/mol. The van der Waals surface area contributed by atoms with Crippen LogP contribution in [0.2, 0.25) is 5.02 Å². The van der Waals surface area contributed by atoms with Crippen molar-refractivity contribution in [3.8, 4) is 5.75 Å². The summed E-state index contributed by atoms with van der Waals surface area (Å²) in [4.78, 5) is 13.1. The Morgan fingerprint density at radius 2 is 2.24 bits per heavy atom. The first-order valence-electron chi connectivity index (χ1n) is 7.35. The number of halogens is 1. The molecule has 4 nitrogen and oxygen atoms in total. The second kappa shape index (κ2) is 5.18. The van der Waals surface area contributed by atoms with Gasteiger partial charge in [0.1, 0.15) is 17.4 Å². The number of rotatable bonds is 2. The number of carboxylic acids is 1. The van der Waals surface area contributed by atoms with Gasteiger partial charge < -0.3 is 9.84 Å². The van der Waals surface area contributed by atoms with Gasteiger partial charge in [0.25, 0.3) is 0 Å². The minimum absolute atomic E-state index is 0.241. The zero-order valence-electron chi connectivity index (χ0n) is 12.4. The zero-order valence-corrected chi connectivity index (χ0v) is 13.1. The van der Waals surface area contributed by atoms with Crippen molar-refractivity contribution in [1.29, 1.82) is 0 Å². The first kappa shape index (κ1) is 14.7. The topological polar surface area (TPSA) is 49.8 Å². The molecule has 0 aliphatic carbocycles. The molecule has 0 saturated carbocycles. The molecular weight excluding hydrogens is 290 g/mol. The predicted octanol–water partition coefficient (Wildman–Crippen LogP) is 2.89. The number of ether oxygens (including phenoxy) is 1. The molecule has 0 aromatic heterocycles. The van der Waals surface area contributed by atoms with Gasteiger partial charge in [-0.25, -0.2) is 0 Å². The van der Waals surface area contributed by atoms with Crippen LogP contribution in [0.3, 0.4) is 0 Å². The average Bonchev–Trinajstić information content (AvgIpc) is 2.83. The summed E-state index contributed by atoms with van der Waals surface area (Å²) in [6, 6.07) is 3.44. The molecule has 0 bridgehead atoms. The fourth-order valence-corrected chi connectivity index (χ4v) is 3.71. The molecule has 2 atom stereocenters. The molecule has 1 saturated heterocycles. The number of fused-ring (bicyclic) bond motifs is 1. The molecule has 2 unspecified atom stereocenters. The normalized spacial score (nSPS) is 26.4. The van der Waals surface area contributed by atoms with Crippen molar-refractivity contribution in [3.05, 3.63) is 28.3 Å². The lowest BCUT2D eigenvalue weighted by Crippen LogP contribution is -2.45. The number of aryl methyl sites for hydroxylation is 2. The molecule has 0 amide bonds. The largest absolute Gasteiger partial charge is 0.485 e. The second-order valence-electron chi connectivity index (χ2n) is 6.23. The number of hydrogen-bond acceptors (Lipinski definition) is 3. The van der Waals surface area contributed by atoms with Gasteiger partial charge in [0.15, 0.2) is 0 Å². The Morgan fingerprint density at radius 3 is 2.95 bits per heavy atom. The van der Waals surface area contributed by atoms with E-state index >= 15 is 0 Å². The van der Waals surface area contributed by atoms with Gasteiger partial charge in [-0.2, -0.15) is 0 Å². The van der Waals surface area contributed by atoms with Crippen molar-refractivity contribution in [3.63, 3.8) is 0 Å². The number of carbonyl (C=O) groups is 1. The van der Waals surface area contributed by atoms with Gasteiger partial charge in [-0.15, -0.1) is 0 Å². The summed E-state index contributed by atoms with van der Waals surface area (Å²) in [5, 5.41) is 9.91. The van der Waals surface area contributed by atoms with Crippen LogP contribution in [0.25, 0.3) is 0 Å². The third-order valence-corrected chi connectivity index (χ3v) is 4.95. The SMILES string of the molecule is Cc1cc(Cl)cc2c1OC1(CC2)CCN(C(C)C(=O)O)C1. The highest BCUT2D eigenvalue weighted by Gasteiger charge is 2.45. The lowest BCUT2D eigenvalue weighted by atomic mass is 9.89. The standard InChI is InChI=1S/C16H20ClNO3/c1-10-7-13(17)8-12-3-4-16(21-14(10)12)5-6-18(9-16)11(2)15(19)20/h7-8,11H,3-6,9H2,1-2H3,(H,19,20). The number of likely N-dealkylation sites (tertiary alicyclic amines) is 1. The van der Waals surface area contributed by atoms with Crippen LogP contribution in [0.4, 0.5) is 0 Å². The highest BCUT2D eigenvalue weighted by molar-refractivity contribution is 6.30. The summed E-state index contributed by atoms with van der Waals surface area (Å²) < 4.78 is 6.33. The van der Waals surface area contributed by atoms with Gasteiger partial charge >= 0.3 is 5.97 Å². The smallest absolute Gasteiger partial charge is 0.320 e. The molecule has 2 aliphatic rings. The van der Waals surface area contributed by atoms with Crippen LogP contribution < -0.4 is 4.74 Å². The molecule has 1 fully saturated rings. The summed E-state index contributed by atoms with van der Waals surface area (Å²) in [5.74, 6) is 0.168. The van der Waals surface area contributed by atoms with E-state index in [0.29, 0.717) is 6.54 Å². The van der Waals surface area contributed by atoms with Crippen LogP contribution >= 0.6 is 11.6 Å². The van der Waals surface area contributed by atoms with E-state index in [9.17, 15) is 4.79 Å². The zero-order chi connectivity index (χ0) is 15.2.